The highest BCUT2D eigenvalue weighted by atomic mass is 16.3. The van der Waals surface area contributed by atoms with Crippen molar-refractivity contribution in [1.82, 2.24) is 19.9 Å². The third-order valence-electron chi connectivity index (χ3n) is 4.00. The standard InChI is InChI=1S/C19H16N4O2/c1-13(17-10-14-4-2-3-5-16(14)25-17)22-19(24)15-6-7-18(21-11-15)23-9-8-20-12-23/h2-13H,1H3,(H,22,24). The summed E-state index contributed by atoms with van der Waals surface area (Å²) >= 11 is 0. The fourth-order valence-electron chi connectivity index (χ4n) is 2.63. The third-order valence-corrected chi connectivity index (χ3v) is 4.00. The summed E-state index contributed by atoms with van der Waals surface area (Å²) in [6.07, 6.45) is 6.69. The molecule has 0 aliphatic rings. The van der Waals surface area contributed by atoms with E-state index in [0.29, 0.717) is 11.4 Å². The van der Waals surface area contributed by atoms with Crippen LogP contribution in [-0.4, -0.2) is 20.4 Å². The van der Waals surface area contributed by atoms with Crippen molar-refractivity contribution in [1.29, 1.82) is 0 Å². The van der Waals surface area contributed by atoms with Gasteiger partial charge < -0.3 is 9.73 Å². The molecular weight excluding hydrogens is 316 g/mol. The summed E-state index contributed by atoms with van der Waals surface area (Å²) in [5, 5.41) is 3.95. The van der Waals surface area contributed by atoms with Crippen molar-refractivity contribution in [2.75, 3.05) is 0 Å². The molecule has 6 heteroatoms. The fourth-order valence-corrected chi connectivity index (χ4v) is 2.63. The number of hydrogen-bond acceptors (Lipinski definition) is 4. The van der Waals surface area contributed by atoms with Gasteiger partial charge in [0.25, 0.3) is 5.91 Å². The number of nitrogens with zero attached hydrogens (tertiary/aromatic N) is 3. The molecule has 0 aliphatic heterocycles. The lowest BCUT2D eigenvalue weighted by Crippen LogP contribution is -2.26. The van der Waals surface area contributed by atoms with E-state index >= 15 is 0 Å². The summed E-state index contributed by atoms with van der Waals surface area (Å²) < 4.78 is 7.57. The van der Waals surface area contributed by atoms with Gasteiger partial charge in [0.05, 0.1) is 11.6 Å². The minimum absolute atomic E-state index is 0.197. The van der Waals surface area contributed by atoms with Gasteiger partial charge in [-0.05, 0) is 31.2 Å². The minimum atomic E-state index is -0.242. The maximum absolute atomic E-state index is 12.4. The minimum Gasteiger partial charge on any atom is -0.459 e. The van der Waals surface area contributed by atoms with Crippen LogP contribution in [0.15, 0.2) is 71.8 Å². The molecule has 0 saturated carbocycles. The van der Waals surface area contributed by atoms with Crippen LogP contribution >= 0.6 is 0 Å². The molecule has 3 heterocycles. The van der Waals surface area contributed by atoms with E-state index in [0.717, 1.165) is 16.7 Å². The Morgan fingerprint density at radius 3 is 2.84 bits per heavy atom. The number of amides is 1. The summed E-state index contributed by atoms with van der Waals surface area (Å²) in [5.74, 6) is 1.23. The zero-order valence-corrected chi connectivity index (χ0v) is 13.6. The lowest BCUT2D eigenvalue weighted by Gasteiger charge is -2.11. The van der Waals surface area contributed by atoms with Crippen LogP contribution in [0.25, 0.3) is 16.8 Å². The van der Waals surface area contributed by atoms with E-state index in [4.69, 9.17) is 4.42 Å². The Morgan fingerprint density at radius 1 is 1.24 bits per heavy atom. The van der Waals surface area contributed by atoms with E-state index < -0.39 is 0 Å². The van der Waals surface area contributed by atoms with Crippen LogP contribution in [0.2, 0.25) is 0 Å². The average Bonchev–Trinajstić information content (AvgIpc) is 3.31. The van der Waals surface area contributed by atoms with Crippen LogP contribution in [0.3, 0.4) is 0 Å². The summed E-state index contributed by atoms with van der Waals surface area (Å²) in [5.41, 5.74) is 1.30. The smallest absolute Gasteiger partial charge is 0.253 e. The van der Waals surface area contributed by atoms with Crippen molar-refractivity contribution in [3.05, 3.63) is 78.7 Å². The number of fused-ring (bicyclic) bond motifs is 1. The summed E-state index contributed by atoms with van der Waals surface area (Å²) in [4.78, 5) is 20.7. The number of nitrogens with one attached hydrogen (secondary N) is 1. The molecule has 124 valence electrons. The molecule has 1 amide bonds. The predicted octanol–water partition coefficient (Wildman–Crippen LogP) is 3.50. The summed E-state index contributed by atoms with van der Waals surface area (Å²) in [6.45, 7) is 1.89. The molecule has 3 aromatic heterocycles. The van der Waals surface area contributed by atoms with Crippen LogP contribution in [0.4, 0.5) is 0 Å². The Kier molecular flexibility index (Phi) is 3.78. The first-order valence-electron chi connectivity index (χ1n) is 7.94. The zero-order chi connectivity index (χ0) is 17.2. The molecule has 0 bridgehead atoms. The number of pyridine rings is 1. The van der Waals surface area contributed by atoms with Crippen LogP contribution in [-0.2, 0) is 0 Å². The van der Waals surface area contributed by atoms with Gasteiger partial charge in [-0.15, -0.1) is 0 Å². The van der Waals surface area contributed by atoms with E-state index in [2.05, 4.69) is 15.3 Å². The number of hydrogen-bond donors (Lipinski definition) is 1. The van der Waals surface area contributed by atoms with Gasteiger partial charge >= 0.3 is 0 Å². The lowest BCUT2D eigenvalue weighted by atomic mass is 10.2. The van der Waals surface area contributed by atoms with Crippen molar-refractivity contribution in [3.63, 3.8) is 0 Å². The van der Waals surface area contributed by atoms with Gasteiger partial charge in [0, 0.05) is 24.0 Å². The normalized spacial score (nSPS) is 12.2. The van der Waals surface area contributed by atoms with Gasteiger partial charge in [0.2, 0.25) is 0 Å². The average molecular weight is 332 g/mol. The molecule has 1 atom stereocenters. The van der Waals surface area contributed by atoms with E-state index in [9.17, 15) is 4.79 Å². The van der Waals surface area contributed by atoms with Crippen molar-refractivity contribution >= 4 is 16.9 Å². The van der Waals surface area contributed by atoms with Crippen molar-refractivity contribution in [2.45, 2.75) is 13.0 Å². The Balaban J connectivity index is 1.49. The molecule has 4 aromatic rings. The third kappa shape index (κ3) is 3.01. The number of imidazole rings is 1. The summed E-state index contributed by atoms with van der Waals surface area (Å²) in [6, 6.07) is 13.0. The largest absolute Gasteiger partial charge is 0.459 e. The predicted molar refractivity (Wildman–Crippen MR) is 93.5 cm³/mol. The molecule has 25 heavy (non-hydrogen) atoms. The van der Waals surface area contributed by atoms with Crippen LogP contribution in [0.5, 0.6) is 0 Å². The molecule has 1 aromatic carbocycles. The van der Waals surface area contributed by atoms with Gasteiger partial charge in [-0.2, -0.15) is 0 Å². The first kappa shape index (κ1) is 15.1. The second-order valence-corrected chi connectivity index (χ2v) is 5.76. The summed E-state index contributed by atoms with van der Waals surface area (Å²) in [7, 11) is 0. The monoisotopic (exact) mass is 332 g/mol. The first-order valence-corrected chi connectivity index (χ1v) is 7.94. The number of benzene rings is 1. The number of aromatic nitrogens is 3. The highest BCUT2D eigenvalue weighted by Gasteiger charge is 2.15. The van der Waals surface area contributed by atoms with Crippen LogP contribution in [0, 0.1) is 0 Å². The van der Waals surface area contributed by atoms with Gasteiger partial charge in [-0.3, -0.25) is 9.36 Å². The topological polar surface area (TPSA) is 73.0 Å². The van der Waals surface area contributed by atoms with Crippen LogP contribution < -0.4 is 5.32 Å². The number of carbonyl (C=O) groups is 1. The zero-order valence-electron chi connectivity index (χ0n) is 13.6. The molecule has 0 fully saturated rings. The van der Waals surface area contributed by atoms with Gasteiger partial charge in [0.15, 0.2) is 0 Å². The lowest BCUT2D eigenvalue weighted by molar-refractivity contribution is 0.0935. The fraction of sp³-hybridized carbons (Fsp3) is 0.105. The van der Waals surface area contributed by atoms with Crippen LogP contribution in [0.1, 0.15) is 29.1 Å². The van der Waals surface area contributed by atoms with Crippen molar-refractivity contribution in [2.24, 2.45) is 0 Å². The Hall–Kier alpha value is -3.41. The molecule has 0 spiro atoms. The van der Waals surface area contributed by atoms with E-state index in [1.165, 1.54) is 0 Å². The number of carbonyl (C=O) groups excluding carboxylic acids is 1. The Morgan fingerprint density at radius 2 is 2.12 bits per heavy atom. The molecule has 0 saturated heterocycles. The SMILES string of the molecule is CC(NC(=O)c1ccc(-n2ccnc2)nc1)c1cc2ccccc2o1. The van der Waals surface area contributed by atoms with E-state index in [-0.39, 0.29) is 11.9 Å². The van der Waals surface area contributed by atoms with Gasteiger partial charge in [-0.25, -0.2) is 9.97 Å². The maximum atomic E-state index is 12.4. The number of para-hydroxylation sites is 1. The Bertz CT molecular complexity index is 971. The molecule has 1 N–H and O–H groups in total. The second-order valence-electron chi connectivity index (χ2n) is 5.76. The molecule has 4 rings (SSSR count). The maximum Gasteiger partial charge on any atom is 0.253 e. The molecule has 1 unspecified atom stereocenters. The first-order chi connectivity index (χ1) is 12.2. The molecular formula is C19H16N4O2. The van der Waals surface area contributed by atoms with Crippen molar-refractivity contribution in [3.8, 4) is 5.82 Å². The Labute approximate surface area is 144 Å². The van der Waals surface area contributed by atoms with E-state index in [1.807, 2.05) is 37.3 Å². The highest BCUT2D eigenvalue weighted by molar-refractivity contribution is 5.94. The molecule has 6 nitrogen and oxygen atoms in total. The number of furan rings is 1. The van der Waals surface area contributed by atoms with Crippen molar-refractivity contribution < 1.29 is 9.21 Å². The quantitative estimate of drug-likeness (QED) is 0.621. The highest BCUT2D eigenvalue weighted by Crippen LogP contribution is 2.23. The molecule has 0 radical (unpaired) electrons. The van der Waals surface area contributed by atoms with Gasteiger partial charge in [-0.1, -0.05) is 18.2 Å². The number of rotatable bonds is 4. The molecule has 0 aliphatic carbocycles. The second kappa shape index (κ2) is 6.24. The van der Waals surface area contributed by atoms with Gasteiger partial charge in [0.1, 0.15) is 23.5 Å². The van der Waals surface area contributed by atoms with E-state index in [1.54, 1.807) is 41.6 Å².